The van der Waals surface area contributed by atoms with Gasteiger partial charge in [0.25, 0.3) is 0 Å². The van der Waals surface area contributed by atoms with E-state index in [1.165, 1.54) is 0 Å². The topological polar surface area (TPSA) is 66.0 Å². The van der Waals surface area contributed by atoms with Gasteiger partial charge in [-0.3, -0.25) is 0 Å². The summed E-state index contributed by atoms with van der Waals surface area (Å²) in [7, 11) is 0. The zero-order valence-corrected chi connectivity index (χ0v) is 11.5. The van der Waals surface area contributed by atoms with Crippen molar-refractivity contribution in [3.05, 3.63) is 59.7 Å². The molecule has 0 N–H and O–H groups in total. The van der Waals surface area contributed by atoms with Crippen LogP contribution in [0, 0.1) is 22.7 Å². The van der Waals surface area contributed by atoms with Crippen molar-refractivity contribution in [1.82, 2.24) is 0 Å². The molecule has 0 saturated carbocycles. The highest BCUT2D eigenvalue weighted by molar-refractivity contribution is 5.36. The van der Waals surface area contributed by atoms with Crippen molar-refractivity contribution in [1.29, 1.82) is 10.5 Å². The Bertz CT molecular complexity index is 666. The van der Waals surface area contributed by atoms with E-state index in [9.17, 15) is 0 Å². The van der Waals surface area contributed by atoms with Crippen molar-refractivity contribution in [2.75, 3.05) is 13.2 Å². The van der Waals surface area contributed by atoms with Crippen molar-refractivity contribution in [2.45, 2.75) is 6.42 Å². The number of hydrogen-bond donors (Lipinski definition) is 0. The van der Waals surface area contributed by atoms with Gasteiger partial charge in [0.2, 0.25) is 0 Å². The maximum absolute atomic E-state index is 8.79. The van der Waals surface area contributed by atoms with Crippen LogP contribution in [0.15, 0.2) is 48.5 Å². The fraction of sp³-hybridized carbons (Fsp3) is 0.176. The summed E-state index contributed by atoms with van der Waals surface area (Å²) in [6.07, 6.45) is 0.401. The Morgan fingerprint density at radius 2 is 1.57 bits per heavy atom. The summed E-state index contributed by atoms with van der Waals surface area (Å²) in [5.41, 5.74) is 1.54. The van der Waals surface area contributed by atoms with E-state index < -0.39 is 0 Å². The Balaban J connectivity index is 1.77. The Labute approximate surface area is 123 Å². The normalized spacial score (nSPS) is 9.43. The Hall–Kier alpha value is -2.98. The van der Waals surface area contributed by atoms with E-state index in [2.05, 4.69) is 12.1 Å². The fourth-order valence-electron chi connectivity index (χ4n) is 1.77. The van der Waals surface area contributed by atoms with Crippen LogP contribution >= 0.6 is 0 Å². The smallest absolute Gasteiger partial charge is 0.122 e. The number of rotatable bonds is 6. The molecule has 0 aliphatic heterocycles. The number of hydrogen-bond acceptors (Lipinski definition) is 4. The molecule has 4 nitrogen and oxygen atoms in total. The van der Waals surface area contributed by atoms with E-state index in [4.69, 9.17) is 20.0 Å². The minimum Gasteiger partial charge on any atom is -0.490 e. The molecule has 2 aromatic rings. The summed E-state index contributed by atoms with van der Waals surface area (Å²) < 4.78 is 11.1. The van der Waals surface area contributed by atoms with Crippen LogP contribution in [-0.4, -0.2) is 13.2 Å². The van der Waals surface area contributed by atoms with Gasteiger partial charge in [-0.15, -0.1) is 0 Å². The van der Waals surface area contributed by atoms with E-state index in [0.717, 1.165) is 11.3 Å². The molecule has 2 aromatic carbocycles. The quantitative estimate of drug-likeness (QED) is 0.761. The van der Waals surface area contributed by atoms with Gasteiger partial charge in [-0.2, -0.15) is 10.5 Å². The van der Waals surface area contributed by atoms with Gasteiger partial charge in [0.1, 0.15) is 24.7 Å². The van der Waals surface area contributed by atoms with E-state index in [1.54, 1.807) is 24.3 Å². The summed E-state index contributed by atoms with van der Waals surface area (Å²) in [5, 5.41) is 17.4. The summed E-state index contributed by atoms with van der Waals surface area (Å²) >= 11 is 0. The van der Waals surface area contributed by atoms with Crippen LogP contribution < -0.4 is 9.47 Å². The first-order valence-electron chi connectivity index (χ1n) is 6.53. The zero-order valence-electron chi connectivity index (χ0n) is 11.5. The van der Waals surface area contributed by atoms with E-state index in [1.807, 2.05) is 24.3 Å². The average Bonchev–Trinajstić information content (AvgIpc) is 2.53. The van der Waals surface area contributed by atoms with Gasteiger partial charge in [-0.25, -0.2) is 0 Å². The van der Waals surface area contributed by atoms with Crippen LogP contribution in [0.2, 0.25) is 0 Å². The molecule has 0 fully saturated rings. The van der Waals surface area contributed by atoms with Gasteiger partial charge >= 0.3 is 0 Å². The molecule has 0 bridgehead atoms. The molecule has 0 unspecified atom stereocenters. The highest BCUT2D eigenvalue weighted by Crippen LogP contribution is 2.14. The van der Waals surface area contributed by atoms with Gasteiger partial charge < -0.3 is 9.47 Å². The van der Waals surface area contributed by atoms with Gasteiger partial charge in [-0.1, -0.05) is 18.2 Å². The molecule has 0 amide bonds. The van der Waals surface area contributed by atoms with E-state index >= 15 is 0 Å². The second-order valence-electron chi connectivity index (χ2n) is 4.32. The predicted octanol–water partition coefficient (Wildman–Crippen LogP) is 3.08. The molecule has 0 aromatic heterocycles. The second-order valence-corrected chi connectivity index (χ2v) is 4.32. The number of ether oxygens (including phenoxy) is 2. The first-order chi connectivity index (χ1) is 10.3. The van der Waals surface area contributed by atoms with Crippen LogP contribution in [0.4, 0.5) is 0 Å². The van der Waals surface area contributed by atoms with Gasteiger partial charge in [0.05, 0.1) is 24.1 Å². The van der Waals surface area contributed by atoms with Gasteiger partial charge in [0.15, 0.2) is 0 Å². The molecular weight excluding hydrogens is 264 g/mol. The van der Waals surface area contributed by atoms with Crippen molar-refractivity contribution in [3.8, 4) is 23.6 Å². The Kier molecular flexibility index (Phi) is 5.20. The summed E-state index contributed by atoms with van der Waals surface area (Å²) in [4.78, 5) is 0. The average molecular weight is 278 g/mol. The molecule has 4 heteroatoms. The maximum atomic E-state index is 8.79. The predicted molar refractivity (Wildman–Crippen MR) is 77.9 cm³/mol. The first-order valence-corrected chi connectivity index (χ1v) is 6.53. The summed E-state index contributed by atoms with van der Waals surface area (Å²) in [5.74, 6) is 1.40. The lowest BCUT2D eigenvalue weighted by Crippen LogP contribution is -2.09. The van der Waals surface area contributed by atoms with E-state index in [-0.39, 0.29) is 0 Å². The number of nitriles is 2. The Morgan fingerprint density at radius 1 is 0.857 bits per heavy atom. The molecule has 0 saturated heterocycles. The molecule has 0 radical (unpaired) electrons. The molecule has 21 heavy (non-hydrogen) atoms. The highest BCUT2D eigenvalue weighted by atomic mass is 16.5. The van der Waals surface area contributed by atoms with Crippen LogP contribution in [-0.2, 0) is 6.42 Å². The molecule has 104 valence electrons. The van der Waals surface area contributed by atoms with Crippen molar-refractivity contribution >= 4 is 0 Å². The monoisotopic (exact) mass is 278 g/mol. The third-order valence-corrected chi connectivity index (χ3v) is 2.79. The van der Waals surface area contributed by atoms with Crippen LogP contribution in [0.1, 0.15) is 11.1 Å². The summed E-state index contributed by atoms with van der Waals surface area (Å²) in [6.45, 7) is 0.809. The lowest BCUT2D eigenvalue weighted by Gasteiger charge is -2.08. The highest BCUT2D eigenvalue weighted by Gasteiger charge is 1.98. The molecule has 0 spiro atoms. The molecule has 2 rings (SSSR count). The van der Waals surface area contributed by atoms with Crippen LogP contribution in [0.5, 0.6) is 11.5 Å². The first kappa shape index (κ1) is 14.4. The maximum Gasteiger partial charge on any atom is 0.122 e. The third kappa shape index (κ3) is 4.56. The third-order valence-electron chi connectivity index (χ3n) is 2.79. The standard InChI is InChI=1S/C17H14N2O2/c18-9-8-14-4-6-16(7-5-14)20-10-11-21-17-3-1-2-15(12-17)13-19/h1-7,12H,8,10-11H2. The molecule has 0 heterocycles. The van der Waals surface area contributed by atoms with Crippen LogP contribution in [0.3, 0.4) is 0 Å². The van der Waals surface area contributed by atoms with Crippen molar-refractivity contribution in [2.24, 2.45) is 0 Å². The minimum atomic E-state index is 0.398. The number of nitrogens with zero attached hydrogens (tertiary/aromatic N) is 2. The summed E-state index contributed by atoms with van der Waals surface area (Å²) in [6, 6.07) is 18.6. The lowest BCUT2D eigenvalue weighted by molar-refractivity contribution is 0.217. The SMILES string of the molecule is N#CCc1ccc(OCCOc2cccc(C#N)c2)cc1. The van der Waals surface area contributed by atoms with Gasteiger partial charge in [-0.05, 0) is 35.9 Å². The lowest BCUT2D eigenvalue weighted by atomic mass is 10.2. The fourth-order valence-corrected chi connectivity index (χ4v) is 1.77. The molecule has 0 atom stereocenters. The van der Waals surface area contributed by atoms with Crippen molar-refractivity contribution in [3.63, 3.8) is 0 Å². The molecule has 0 aliphatic rings. The minimum absolute atomic E-state index is 0.398. The van der Waals surface area contributed by atoms with E-state index in [0.29, 0.717) is 30.9 Å². The molecular formula is C17H14N2O2. The number of benzene rings is 2. The Morgan fingerprint density at radius 3 is 2.24 bits per heavy atom. The molecule has 0 aliphatic carbocycles. The van der Waals surface area contributed by atoms with Gasteiger partial charge in [0, 0.05) is 0 Å². The second kappa shape index (κ2) is 7.57. The van der Waals surface area contributed by atoms with Crippen LogP contribution in [0.25, 0.3) is 0 Å². The van der Waals surface area contributed by atoms with Crippen molar-refractivity contribution < 1.29 is 9.47 Å². The largest absolute Gasteiger partial charge is 0.490 e. The zero-order chi connectivity index (χ0) is 14.9.